The highest BCUT2D eigenvalue weighted by atomic mass is 16.3. The highest BCUT2D eigenvalue weighted by Crippen LogP contribution is 2.21. The van der Waals surface area contributed by atoms with Gasteiger partial charge in [0.05, 0.1) is 12.1 Å². The van der Waals surface area contributed by atoms with Gasteiger partial charge in [0.1, 0.15) is 0 Å². The van der Waals surface area contributed by atoms with E-state index < -0.39 is 6.04 Å². The topological polar surface area (TPSA) is 66.6 Å². The van der Waals surface area contributed by atoms with Gasteiger partial charge in [0.25, 0.3) is 0 Å². The van der Waals surface area contributed by atoms with Crippen LogP contribution < -0.4 is 5.73 Å². The van der Waals surface area contributed by atoms with Crippen LogP contribution in [0.2, 0.25) is 0 Å². The molecule has 1 atom stereocenters. The van der Waals surface area contributed by atoms with Crippen LogP contribution in [0.15, 0.2) is 0 Å². The minimum absolute atomic E-state index is 0.0576. The third-order valence-electron chi connectivity index (χ3n) is 2.37. The second-order valence-electron chi connectivity index (χ2n) is 4.74. The zero-order valence-electron chi connectivity index (χ0n) is 8.45. The first-order valence-electron chi connectivity index (χ1n) is 4.55. The maximum atomic E-state index is 11.6. The van der Waals surface area contributed by atoms with Crippen LogP contribution in [-0.2, 0) is 4.79 Å². The molecule has 1 amide bonds. The fourth-order valence-electron chi connectivity index (χ4n) is 1.20. The standard InChI is InChI=1S/C9H18N2O2/c1-9(2,3)7(10)8(13)11-4-6(12)5-11/h6-7,12H,4-5,10H2,1-3H3/t7-/m0/s1. The molecule has 1 fully saturated rings. The number of β-amino-alcohol motifs (C(OH)–C–C–N with tert-alkyl or cyclic N) is 1. The Kier molecular flexibility index (Phi) is 2.63. The van der Waals surface area contributed by atoms with E-state index in [0.29, 0.717) is 13.1 Å². The Bertz CT molecular complexity index is 204. The first kappa shape index (κ1) is 10.5. The minimum Gasteiger partial charge on any atom is -0.389 e. The number of carbonyl (C=O) groups excluding carboxylic acids is 1. The minimum atomic E-state index is -0.472. The number of hydrogen-bond donors (Lipinski definition) is 2. The number of rotatable bonds is 1. The van der Waals surface area contributed by atoms with Crippen LogP contribution in [0.1, 0.15) is 20.8 Å². The second-order valence-corrected chi connectivity index (χ2v) is 4.74. The Hall–Kier alpha value is -0.610. The molecule has 3 N–H and O–H groups in total. The molecule has 1 rings (SSSR count). The zero-order valence-corrected chi connectivity index (χ0v) is 8.45. The molecule has 0 radical (unpaired) electrons. The predicted octanol–water partition coefficient (Wildman–Crippen LogP) is -0.437. The number of aliphatic hydroxyl groups is 1. The lowest BCUT2D eigenvalue weighted by atomic mass is 9.86. The highest BCUT2D eigenvalue weighted by Gasteiger charge is 2.36. The first-order valence-corrected chi connectivity index (χ1v) is 4.55. The Labute approximate surface area is 78.7 Å². The molecule has 4 heteroatoms. The maximum absolute atomic E-state index is 11.6. The van der Waals surface area contributed by atoms with Gasteiger partial charge in [-0.05, 0) is 5.41 Å². The number of carbonyl (C=O) groups is 1. The van der Waals surface area contributed by atoms with Crippen LogP contribution in [0.3, 0.4) is 0 Å². The summed E-state index contributed by atoms with van der Waals surface area (Å²) in [6.07, 6.45) is -0.351. The molecule has 1 heterocycles. The summed E-state index contributed by atoms with van der Waals surface area (Å²) in [5.41, 5.74) is 5.57. The summed E-state index contributed by atoms with van der Waals surface area (Å²) in [5, 5.41) is 9.02. The largest absolute Gasteiger partial charge is 0.389 e. The lowest BCUT2D eigenvalue weighted by Crippen LogP contribution is -2.60. The molecule has 0 aromatic carbocycles. The molecule has 4 nitrogen and oxygen atoms in total. The van der Waals surface area contributed by atoms with E-state index in [1.807, 2.05) is 20.8 Å². The van der Waals surface area contributed by atoms with Crippen molar-refractivity contribution in [3.8, 4) is 0 Å². The van der Waals surface area contributed by atoms with Crippen molar-refractivity contribution in [1.82, 2.24) is 4.90 Å². The van der Waals surface area contributed by atoms with E-state index in [1.54, 1.807) is 4.90 Å². The lowest BCUT2D eigenvalue weighted by Gasteiger charge is -2.40. The van der Waals surface area contributed by atoms with Gasteiger partial charge in [0.15, 0.2) is 0 Å². The van der Waals surface area contributed by atoms with E-state index in [9.17, 15) is 4.79 Å². The molecule has 0 spiro atoms. The van der Waals surface area contributed by atoms with Gasteiger partial charge in [-0.15, -0.1) is 0 Å². The molecule has 1 saturated heterocycles. The van der Waals surface area contributed by atoms with Crippen LogP contribution in [0.25, 0.3) is 0 Å². The summed E-state index contributed by atoms with van der Waals surface area (Å²) in [7, 11) is 0. The van der Waals surface area contributed by atoms with Crippen molar-refractivity contribution in [1.29, 1.82) is 0 Å². The van der Waals surface area contributed by atoms with E-state index in [0.717, 1.165) is 0 Å². The zero-order chi connectivity index (χ0) is 10.2. The van der Waals surface area contributed by atoms with E-state index in [2.05, 4.69) is 0 Å². The number of nitrogens with zero attached hydrogens (tertiary/aromatic N) is 1. The average Bonchev–Trinajstić information content (AvgIpc) is 1.94. The Balaban J connectivity index is 2.49. The van der Waals surface area contributed by atoms with Crippen molar-refractivity contribution >= 4 is 5.91 Å². The van der Waals surface area contributed by atoms with Gasteiger partial charge in [-0.1, -0.05) is 20.8 Å². The lowest BCUT2D eigenvalue weighted by molar-refractivity contribution is -0.145. The molecule has 0 unspecified atom stereocenters. The first-order chi connectivity index (χ1) is 5.82. The number of nitrogens with two attached hydrogens (primary N) is 1. The molecule has 76 valence electrons. The summed E-state index contributed by atoms with van der Waals surface area (Å²) in [6.45, 7) is 6.68. The number of amides is 1. The SMILES string of the molecule is CC(C)(C)[C@@H](N)C(=O)N1CC(O)C1. The fraction of sp³-hybridized carbons (Fsp3) is 0.889. The second kappa shape index (κ2) is 3.27. The molecule has 0 aliphatic carbocycles. The van der Waals surface area contributed by atoms with Crippen LogP contribution in [0.5, 0.6) is 0 Å². The monoisotopic (exact) mass is 186 g/mol. The summed E-state index contributed by atoms with van der Waals surface area (Å²) in [5.74, 6) is -0.0576. The number of aliphatic hydroxyl groups excluding tert-OH is 1. The van der Waals surface area contributed by atoms with Gasteiger partial charge in [-0.2, -0.15) is 0 Å². The summed E-state index contributed by atoms with van der Waals surface area (Å²) in [4.78, 5) is 13.2. The molecule has 0 bridgehead atoms. The van der Waals surface area contributed by atoms with Gasteiger partial charge in [-0.3, -0.25) is 4.79 Å². The molecular formula is C9H18N2O2. The third kappa shape index (κ3) is 2.19. The normalized spacial score (nSPS) is 21.2. The maximum Gasteiger partial charge on any atom is 0.240 e. The highest BCUT2D eigenvalue weighted by molar-refractivity contribution is 5.83. The van der Waals surface area contributed by atoms with Gasteiger partial charge < -0.3 is 15.7 Å². The van der Waals surface area contributed by atoms with Crippen LogP contribution in [0.4, 0.5) is 0 Å². The summed E-state index contributed by atoms with van der Waals surface area (Å²) >= 11 is 0. The smallest absolute Gasteiger partial charge is 0.240 e. The summed E-state index contributed by atoms with van der Waals surface area (Å²) < 4.78 is 0. The van der Waals surface area contributed by atoms with E-state index >= 15 is 0 Å². The van der Waals surface area contributed by atoms with Crippen molar-refractivity contribution in [2.75, 3.05) is 13.1 Å². The quantitative estimate of drug-likeness (QED) is 0.583. The number of hydrogen-bond acceptors (Lipinski definition) is 3. The Morgan fingerprint density at radius 1 is 1.54 bits per heavy atom. The van der Waals surface area contributed by atoms with Crippen molar-refractivity contribution in [2.45, 2.75) is 32.9 Å². The summed E-state index contributed by atoms with van der Waals surface area (Å²) in [6, 6.07) is -0.472. The van der Waals surface area contributed by atoms with Crippen molar-refractivity contribution in [2.24, 2.45) is 11.1 Å². The fourth-order valence-corrected chi connectivity index (χ4v) is 1.20. The van der Waals surface area contributed by atoms with Crippen LogP contribution >= 0.6 is 0 Å². The average molecular weight is 186 g/mol. The Morgan fingerprint density at radius 2 is 2.00 bits per heavy atom. The Morgan fingerprint density at radius 3 is 2.31 bits per heavy atom. The molecule has 13 heavy (non-hydrogen) atoms. The predicted molar refractivity (Wildman–Crippen MR) is 50.0 cm³/mol. The molecular weight excluding hydrogens is 168 g/mol. The van der Waals surface area contributed by atoms with Crippen LogP contribution in [0, 0.1) is 5.41 Å². The third-order valence-corrected chi connectivity index (χ3v) is 2.37. The van der Waals surface area contributed by atoms with E-state index in [1.165, 1.54) is 0 Å². The van der Waals surface area contributed by atoms with E-state index in [4.69, 9.17) is 10.8 Å². The van der Waals surface area contributed by atoms with Gasteiger partial charge >= 0.3 is 0 Å². The van der Waals surface area contributed by atoms with Crippen molar-refractivity contribution in [3.05, 3.63) is 0 Å². The van der Waals surface area contributed by atoms with E-state index in [-0.39, 0.29) is 17.4 Å². The molecule has 1 aliphatic rings. The van der Waals surface area contributed by atoms with Gasteiger partial charge in [0, 0.05) is 13.1 Å². The molecule has 0 saturated carbocycles. The van der Waals surface area contributed by atoms with Crippen molar-refractivity contribution in [3.63, 3.8) is 0 Å². The molecule has 1 aliphatic heterocycles. The van der Waals surface area contributed by atoms with Gasteiger partial charge in [-0.25, -0.2) is 0 Å². The van der Waals surface area contributed by atoms with Crippen LogP contribution in [-0.4, -0.2) is 41.1 Å². The molecule has 0 aromatic rings. The number of likely N-dealkylation sites (tertiary alicyclic amines) is 1. The van der Waals surface area contributed by atoms with Gasteiger partial charge in [0.2, 0.25) is 5.91 Å². The molecule has 0 aromatic heterocycles. The van der Waals surface area contributed by atoms with Crippen molar-refractivity contribution < 1.29 is 9.90 Å².